The Morgan fingerprint density at radius 3 is 2.96 bits per heavy atom. The fourth-order valence-corrected chi connectivity index (χ4v) is 3.94. The highest BCUT2D eigenvalue weighted by Gasteiger charge is 2.49. The Labute approximate surface area is 148 Å². The first-order valence-corrected chi connectivity index (χ1v) is 8.89. The predicted octanol–water partition coefficient (Wildman–Crippen LogP) is 2.33. The topological polar surface area (TPSA) is 75.7 Å². The molecule has 7 heteroatoms. The summed E-state index contributed by atoms with van der Waals surface area (Å²) in [5.41, 5.74) is 1.06. The molecule has 1 aromatic carbocycles. The molecule has 2 aliphatic rings. The van der Waals surface area contributed by atoms with Gasteiger partial charge in [-0.2, -0.15) is 11.3 Å². The molecule has 1 N–H and O–H groups in total. The smallest absolute Gasteiger partial charge is 0.325 e. The lowest BCUT2D eigenvalue weighted by molar-refractivity contribution is -0.130. The number of ketones is 1. The van der Waals surface area contributed by atoms with Crippen LogP contribution in [-0.2, 0) is 16.8 Å². The van der Waals surface area contributed by atoms with Crippen LogP contribution in [0.15, 0.2) is 35.0 Å². The number of thiophene rings is 1. The number of imide groups is 1. The average molecular weight is 356 g/mol. The van der Waals surface area contributed by atoms with Crippen molar-refractivity contribution in [1.82, 2.24) is 10.2 Å². The molecule has 2 aliphatic heterocycles. The summed E-state index contributed by atoms with van der Waals surface area (Å²) in [4.78, 5) is 38.6. The van der Waals surface area contributed by atoms with Gasteiger partial charge in [-0.15, -0.1) is 0 Å². The van der Waals surface area contributed by atoms with E-state index in [0.29, 0.717) is 12.2 Å². The van der Waals surface area contributed by atoms with Crippen molar-refractivity contribution >= 4 is 29.1 Å². The van der Waals surface area contributed by atoms with E-state index >= 15 is 0 Å². The Balaban J connectivity index is 1.55. The van der Waals surface area contributed by atoms with Crippen LogP contribution in [0.5, 0.6) is 5.75 Å². The minimum absolute atomic E-state index is 0.271. The Morgan fingerprint density at radius 2 is 2.20 bits per heavy atom. The second-order valence-corrected chi connectivity index (χ2v) is 7.08. The van der Waals surface area contributed by atoms with E-state index in [1.165, 1.54) is 11.3 Å². The van der Waals surface area contributed by atoms with Crippen molar-refractivity contribution in [3.63, 3.8) is 0 Å². The van der Waals surface area contributed by atoms with Crippen LogP contribution in [-0.4, -0.2) is 35.8 Å². The van der Waals surface area contributed by atoms with Gasteiger partial charge in [-0.3, -0.25) is 14.5 Å². The third-order valence-electron chi connectivity index (χ3n) is 4.69. The van der Waals surface area contributed by atoms with Gasteiger partial charge >= 0.3 is 6.03 Å². The number of ether oxygens (including phenoxy) is 1. The molecular weight excluding hydrogens is 340 g/mol. The van der Waals surface area contributed by atoms with Crippen LogP contribution in [0.1, 0.15) is 28.4 Å². The zero-order valence-corrected chi connectivity index (χ0v) is 14.4. The average Bonchev–Trinajstić information content (AvgIpc) is 3.31. The molecule has 128 valence electrons. The molecule has 1 saturated heterocycles. The van der Waals surface area contributed by atoms with Crippen LogP contribution in [0.3, 0.4) is 0 Å². The van der Waals surface area contributed by atoms with Crippen LogP contribution in [0.2, 0.25) is 0 Å². The third kappa shape index (κ3) is 2.51. The second kappa shape index (κ2) is 5.70. The fourth-order valence-electron chi connectivity index (χ4n) is 3.18. The molecule has 3 heterocycles. The minimum atomic E-state index is -1.12. The van der Waals surface area contributed by atoms with Crippen molar-refractivity contribution in [3.8, 4) is 5.75 Å². The zero-order chi connectivity index (χ0) is 17.6. The maximum absolute atomic E-state index is 12.8. The Bertz CT molecular complexity index is 877. The number of benzene rings is 1. The molecule has 1 unspecified atom stereocenters. The monoisotopic (exact) mass is 356 g/mol. The van der Waals surface area contributed by atoms with Crippen molar-refractivity contribution in [1.29, 1.82) is 0 Å². The number of hydrogen-bond donors (Lipinski definition) is 1. The third-order valence-corrected chi connectivity index (χ3v) is 5.37. The number of nitrogens with zero attached hydrogens (tertiary/aromatic N) is 1. The maximum Gasteiger partial charge on any atom is 0.325 e. The van der Waals surface area contributed by atoms with Crippen LogP contribution in [0.25, 0.3) is 0 Å². The molecule has 6 nitrogen and oxygen atoms in total. The van der Waals surface area contributed by atoms with Gasteiger partial charge in [0.15, 0.2) is 5.78 Å². The number of amides is 3. The number of nitrogens with one attached hydrogen (secondary N) is 1. The first kappa shape index (κ1) is 15.8. The Morgan fingerprint density at radius 1 is 1.36 bits per heavy atom. The summed E-state index contributed by atoms with van der Waals surface area (Å²) in [6, 6.07) is 6.46. The number of fused-ring (bicyclic) bond motifs is 1. The molecule has 3 amide bonds. The molecule has 1 atom stereocenters. The minimum Gasteiger partial charge on any atom is -0.493 e. The summed E-state index contributed by atoms with van der Waals surface area (Å²) in [5.74, 6) is 0.109. The lowest BCUT2D eigenvalue weighted by Gasteiger charge is -2.20. The summed E-state index contributed by atoms with van der Waals surface area (Å²) in [7, 11) is 0. The van der Waals surface area contributed by atoms with Gasteiger partial charge in [0.1, 0.15) is 11.3 Å². The summed E-state index contributed by atoms with van der Waals surface area (Å²) in [6.07, 6.45) is 0.760. The van der Waals surface area contributed by atoms with Crippen LogP contribution in [0, 0.1) is 0 Å². The lowest BCUT2D eigenvalue weighted by atomic mass is 9.95. The summed E-state index contributed by atoms with van der Waals surface area (Å²) in [6.45, 7) is 2.00. The van der Waals surface area contributed by atoms with Crippen molar-refractivity contribution in [2.24, 2.45) is 0 Å². The highest BCUT2D eigenvalue weighted by molar-refractivity contribution is 7.08. The fraction of sp³-hybridized carbons (Fsp3) is 0.278. The highest BCUT2D eigenvalue weighted by Crippen LogP contribution is 2.31. The van der Waals surface area contributed by atoms with E-state index < -0.39 is 17.5 Å². The highest BCUT2D eigenvalue weighted by atomic mass is 32.1. The summed E-state index contributed by atoms with van der Waals surface area (Å²) >= 11 is 1.45. The number of urea groups is 1. The largest absolute Gasteiger partial charge is 0.493 e. The van der Waals surface area contributed by atoms with Crippen LogP contribution >= 0.6 is 11.3 Å². The van der Waals surface area contributed by atoms with E-state index in [4.69, 9.17) is 4.74 Å². The quantitative estimate of drug-likeness (QED) is 0.674. The van der Waals surface area contributed by atoms with Gasteiger partial charge in [0.2, 0.25) is 0 Å². The van der Waals surface area contributed by atoms with Crippen LogP contribution in [0.4, 0.5) is 4.79 Å². The van der Waals surface area contributed by atoms with Crippen molar-refractivity contribution < 1.29 is 19.1 Å². The predicted molar refractivity (Wildman–Crippen MR) is 91.9 cm³/mol. The molecule has 0 bridgehead atoms. The first-order valence-electron chi connectivity index (χ1n) is 7.95. The summed E-state index contributed by atoms with van der Waals surface area (Å²) < 4.78 is 5.43. The normalized spacial score (nSPS) is 21.9. The molecule has 1 fully saturated rings. The molecule has 0 spiro atoms. The maximum atomic E-state index is 12.8. The standard InChI is InChI=1S/C18H16N2O4S/c1-18(13-5-7-25-10-13)16(22)20(17(23)19-18)9-14(21)11-2-3-15-12(8-11)4-6-24-15/h2-3,5,7-8,10H,4,6,9H2,1H3,(H,19,23). The van der Waals surface area contributed by atoms with Gasteiger partial charge in [-0.05, 0) is 53.1 Å². The molecule has 0 aliphatic carbocycles. The van der Waals surface area contributed by atoms with E-state index in [1.807, 2.05) is 10.8 Å². The molecule has 1 aromatic heterocycles. The van der Waals surface area contributed by atoms with E-state index in [-0.39, 0.29) is 12.3 Å². The van der Waals surface area contributed by atoms with E-state index in [0.717, 1.165) is 28.2 Å². The lowest BCUT2D eigenvalue weighted by Crippen LogP contribution is -2.41. The van der Waals surface area contributed by atoms with Gasteiger partial charge in [-0.25, -0.2) is 4.79 Å². The van der Waals surface area contributed by atoms with Gasteiger partial charge < -0.3 is 10.1 Å². The molecule has 0 saturated carbocycles. The van der Waals surface area contributed by atoms with Crippen LogP contribution < -0.4 is 10.1 Å². The number of rotatable bonds is 4. The first-order chi connectivity index (χ1) is 12.0. The zero-order valence-electron chi connectivity index (χ0n) is 13.6. The molecule has 4 rings (SSSR count). The molecule has 25 heavy (non-hydrogen) atoms. The van der Waals surface area contributed by atoms with Gasteiger partial charge in [0.05, 0.1) is 13.2 Å². The Hall–Kier alpha value is -2.67. The number of carbonyl (C=O) groups excluding carboxylic acids is 3. The van der Waals surface area contributed by atoms with Crippen molar-refractivity contribution in [3.05, 3.63) is 51.7 Å². The van der Waals surface area contributed by atoms with E-state index in [1.54, 1.807) is 31.2 Å². The van der Waals surface area contributed by atoms with Gasteiger partial charge in [-0.1, -0.05) is 0 Å². The number of carbonyl (C=O) groups is 3. The van der Waals surface area contributed by atoms with E-state index in [9.17, 15) is 14.4 Å². The molecule has 0 radical (unpaired) electrons. The van der Waals surface area contributed by atoms with E-state index in [2.05, 4.69) is 5.32 Å². The van der Waals surface area contributed by atoms with Crippen molar-refractivity contribution in [2.45, 2.75) is 18.9 Å². The Kier molecular flexibility index (Phi) is 3.61. The van der Waals surface area contributed by atoms with Gasteiger partial charge in [0, 0.05) is 12.0 Å². The van der Waals surface area contributed by atoms with Gasteiger partial charge in [0.25, 0.3) is 5.91 Å². The second-order valence-electron chi connectivity index (χ2n) is 6.30. The summed E-state index contributed by atoms with van der Waals surface area (Å²) in [5, 5.41) is 6.37. The molecule has 2 aromatic rings. The number of hydrogen-bond acceptors (Lipinski definition) is 5. The SMILES string of the molecule is CC1(c2ccsc2)NC(=O)N(CC(=O)c2ccc3c(c2)CCO3)C1=O. The molecular formula is C18H16N2O4S. The number of Topliss-reactive ketones (excluding diaryl/α,β-unsaturated/α-hetero) is 1. The van der Waals surface area contributed by atoms with Crippen molar-refractivity contribution in [2.75, 3.05) is 13.2 Å².